The van der Waals surface area contributed by atoms with Crippen LogP contribution in [0.4, 0.5) is 13.2 Å². The van der Waals surface area contributed by atoms with Crippen LogP contribution in [0, 0.1) is 5.92 Å². The average Bonchev–Trinajstić information content (AvgIpc) is 2.47. The monoisotopic (exact) mass is 315 g/mol. The zero-order valence-electron chi connectivity index (χ0n) is 12.4. The largest absolute Gasteiger partial charge is 0.481 e. The van der Waals surface area contributed by atoms with Crippen LogP contribution in [0.2, 0.25) is 0 Å². The van der Waals surface area contributed by atoms with Gasteiger partial charge >= 0.3 is 12.1 Å². The number of benzene rings is 1. The van der Waals surface area contributed by atoms with Crippen LogP contribution in [0.1, 0.15) is 49.8 Å². The quantitative estimate of drug-likeness (QED) is 0.883. The van der Waals surface area contributed by atoms with Crippen molar-refractivity contribution in [1.29, 1.82) is 0 Å². The standard InChI is InChI=1S/C16H20F3NO2/c1-10(11-2-6-13(7-3-11)16(17,18)19)20-14-8-4-12(5-9-14)15(21)22/h2-3,6-7,10,12,14,20H,4-5,8-9H2,1H3,(H,21,22)/t10-,12?,14?/m1/s1. The zero-order valence-corrected chi connectivity index (χ0v) is 12.4. The molecule has 1 aliphatic carbocycles. The normalized spacial score (nSPS) is 24.0. The topological polar surface area (TPSA) is 49.3 Å². The second-order valence-electron chi connectivity index (χ2n) is 5.89. The molecule has 1 fully saturated rings. The van der Waals surface area contributed by atoms with Crippen molar-refractivity contribution < 1.29 is 23.1 Å². The Bertz CT molecular complexity index is 505. The van der Waals surface area contributed by atoms with Crippen LogP contribution in [0.25, 0.3) is 0 Å². The van der Waals surface area contributed by atoms with Crippen molar-refractivity contribution in [2.75, 3.05) is 0 Å². The summed E-state index contributed by atoms with van der Waals surface area (Å²) in [6, 6.07) is 5.32. The van der Waals surface area contributed by atoms with Gasteiger partial charge in [-0.15, -0.1) is 0 Å². The second-order valence-corrected chi connectivity index (χ2v) is 5.89. The summed E-state index contributed by atoms with van der Waals surface area (Å²) < 4.78 is 37.6. The second kappa shape index (κ2) is 6.69. The highest BCUT2D eigenvalue weighted by Crippen LogP contribution is 2.30. The van der Waals surface area contributed by atoms with E-state index in [0.717, 1.165) is 30.5 Å². The van der Waals surface area contributed by atoms with Crippen molar-refractivity contribution in [2.45, 2.75) is 50.9 Å². The molecule has 6 heteroatoms. The number of aliphatic carboxylic acids is 1. The zero-order chi connectivity index (χ0) is 16.3. The highest BCUT2D eigenvalue weighted by atomic mass is 19.4. The van der Waals surface area contributed by atoms with Gasteiger partial charge in [-0.2, -0.15) is 13.2 Å². The van der Waals surface area contributed by atoms with E-state index >= 15 is 0 Å². The van der Waals surface area contributed by atoms with Gasteiger partial charge in [0.05, 0.1) is 11.5 Å². The molecule has 0 radical (unpaired) electrons. The van der Waals surface area contributed by atoms with Crippen LogP contribution >= 0.6 is 0 Å². The lowest BCUT2D eigenvalue weighted by atomic mass is 9.85. The van der Waals surface area contributed by atoms with Crippen molar-refractivity contribution >= 4 is 5.97 Å². The molecule has 1 saturated carbocycles. The van der Waals surface area contributed by atoms with Crippen molar-refractivity contribution in [3.63, 3.8) is 0 Å². The lowest BCUT2D eigenvalue weighted by Gasteiger charge is -2.29. The molecule has 0 bridgehead atoms. The molecule has 0 saturated heterocycles. The fraction of sp³-hybridized carbons (Fsp3) is 0.562. The third-order valence-corrected chi connectivity index (χ3v) is 4.30. The molecular formula is C16H20F3NO2. The molecule has 1 atom stereocenters. The minimum atomic E-state index is -4.32. The molecule has 3 nitrogen and oxygen atoms in total. The predicted octanol–water partition coefficient (Wildman–Crippen LogP) is 4.00. The van der Waals surface area contributed by atoms with E-state index < -0.39 is 17.7 Å². The fourth-order valence-corrected chi connectivity index (χ4v) is 2.92. The number of carboxylic acids is 1. The Kier molecular flexibility index (Phi) is 5.11. The molecule has 0 aromatic heterocycles. The van der Waals surface area contributed by atoms with Crippen LogP contribution < -0.4 is 5.32 Å². The summed E-state index contributed by atoms with van der Waals surface area (Å²) in [6.07, 6.45) is -1.46. The molecule has 2 rings (SSSR count). The fourth-order valence-electron chi connectivity index (χ4n) is 2.92. The summed E-state index contributed by atoms with van der Waals surface area (Å²) in [5.41, 5.74) is 0.152. The van der Waals surface area contributed by atoms with Crippen LogP contribution in [-0.4, -0.2) is 17.1 Å². The number of nitrogens with one attached hydrogen (secondary N) is 1. The van der Waals surface area contributed by atoms with Gasteiger partial charge in [-0.25, -0.2) is 0 Å². The van der Waals surface area contributed by atoms with Crippen LogP contribution in [0.3, 0.4) is 0 Å². The van der Waals surface area contributed by atoms with Crippen LogP contribution in [-0.2, 0) is 11.0 Å². The van der Waals surface area contributed by atoms with E-state index in [2.05, 4.69) is 5.32 Å². The molecule has 0 heterocycles. The number of carbonyl (C=O) groups is 1. The Hall–Kier alpha value is -1.56. The molecule has 0 spiro atoms. The van der Waals surface area contributed by atoms with Gasteiger partial charge in [-0.3, -0.25) is 4.79 Å². The maximum Gasteiger partial charge on any atom is 0.416 e. The Morgan fingerprint density at radius 2 is 1.73 bits per heavy atom. The van der Waals surface area contributed by atoms with Crippen LogP contribution in [0.15, 0.2) is 24.3 Å². The first-order chi connectivity index (χ1) is 10.3. The van der Waals surface area contributed by atoms with E-state index in [-0.39, 0.29) is 18.0 Å². The van der Waals surface area contributed by atoms with E-state index in [1.54, 1.807) is 0 Å². The summed E-state index contributed by atoms with van der Waals surface area (Å²) in [5.74, 6) is -1.01. The molecule has 22 heavy (non-hydrogen) atoms. The molecule has 0 unspecified atom stereocenters. The van der Waals surface area contributed by atoms with Crippen molar-refractivity contribution in [1.82, 2.24) is 5.32 Å². The number of hydrogen-bond acceptors (Lipinski definition) is 2. The predicted molar refractivity (Wildman–Crippen MR) is 76.4 cm³/mol. The summed E-state index contributed by atoms with van der Waals surface area (Å²) in [6.45, 7) is 1.91. The minimum Gasteiger partial charge on any atom is -0.481 e. The smallest absolute Gasteiger partial charge is 0.416 e. The number of alkyl halides is 3. The summed E-state index contributed by atoms with van der Waals surface area (Å²) in [7, 11) is 0. The highest BCUT2D eigenvalue weighted by molar-refractivity contribution is 5.70. The van der Waals surface area contributed by atoms with Crippen molar-refractivity contribution in [3.8, 4) is 0 Å². The molecule has 1 aromatic carbocycles. The molecule has 2 N–H and O–H groups in total. The number of hydrogen-bond donors (Lipinski definition) is 2. The van der Waals surface area contributed by atoms with Gasteiger partial charge in [0.25, 0.3) is 0 Å². The van der Waals surface area contributed by atoms with E-state index in [9.17, 15) is 18.0 Å². The molecule has 0 amide bonds. The Morgan fingerprint density at radius 1 is 1.18 bits per heavy atom. The first-order valence-corrected chi connectivity index (χ1v) is 7.43. The van der Waals surface area contributed by atoms with Crippen molar-refractivity contribution in [2.24, 2.45) is 5.92 Å². The average molecular weight is 315 g/mol. The minimum absolute atomic E-state index is 0.0614. The van der Waals surface area contributed by atoms with Gasteiger partial charge < -0.3 is 10.4 Å². The van der Waals surface area contributed by atoms with Crippen LogP contribution in [0.5, 0.6) is 0 Å². The number of rotatable bonds is 4. The summed E-state index contributed by atoms with van der Waals surface area (Å²) in [5, 5.41) is 12.3. The first-order valence-electron chi connectivity index (χ1n) is 7.43. The first kappa shape index (κ1) is 16.8. The Morgan fingerprint density at radius 3 is 2.18 bits per heavy atom. The third-order valence-electron chi connectivity index (χ3n) is 4.30. The molecular weight excluding hydrogens is 295 g/mol. The highest BCUT2D eigenvalue weighted by Gasteiger charge is 2.30. The summed E-state index contributed by atoms with van der Waals surface area (Å²) in [4.78, 5) is 10.9. The van der Waals surface area contributed by atoms with E-state index in [1.807, 2.05) is 6.92 Å². The lowest BCUT2D eigenvalue weighted by molar-refractivity contribution is -0.143. The molecule has 1 aliphatic rings. The molecule has 1 aromatic rings. The van der Waals surface area contributed by atoms with Gasteiger partial charge in [-0.05, 0) is 50.3 Å². The number of carboxylic acid groups (broad SMARTS) is 1. The lowest BCUT2D eigenvalue weighted by Crippen LogP contribution is -2.36. The maximum atomic E-state index is 12.5. The Labute approximate surface area is 127 Å². The SMILES string of the molecule is C[C@@H](NC1CCC(C(=O)O)CC1)c1ccc(C(F)(F)F)cc1. The summed E-state index contributed by atoms with van der Waals surface area (Å²) >= 11 is 0. The molecule has 122 valence electrons. The van der Waals surface area contributed by atoms with E-state index in [1.165, 1.54) is 12.1 Å². The van der Waals surface area contributed by atoms with Gasteiger partial charge in [0.2, 0.25) is 0 Å². The number of halogens is 3. The van der Waals surface area contributed by atoms with Gasteiger partial charge in [0.1, 0.15) is 0 Å². The van der Waals surface area contributed by atoms with Gasteiger partial charge in [0.15, 0.2) is 0 Å². The maximum absolute atomic E-state index is 12.5. The van der Waals surface area contributed by atoms with E-state index in [4.69, 9.17) is 5.11 Å². The Balaban J connectivity index is 1.90. The van der Waals surface area contributed by atoms with E-state index in [0.29, 0.717) is 12.8 Å². The molecule has 0 aliphatic heterocycles. The van der Waals surface area contributed by atoms with Crippen molar-refractivity contribution in [3.05, 3.63) is 35.4 Å². The van der Waals surface area contributed by atoms with Gasteiger partial charge in [0, 0.05) is 12.1 Å². The third kappa shape index (κ3) is 4.22. The van der Waals surface area contributed by atoms with Gasteiger partial charge in [-0.1, -0.05) is 12.1 Å².